The molecule has 5 heteroatoms. The second kappa shape index (κ2) is 10.4. The van der Waals surface area contributed by atoms with Crippen molar-refractivity contribution in [2.45, 2.75) is 66.2 Å². The predicted molar refractivity (Wildman–Crippen MR) is 106 cm³/mol. The Kier molecular flexibility index (Phi) is 8.61. The first kappa shape index (κ1) is 22.3. The summed E-state index contributed by atoms with van der Waals surface area (Å²) < 4.78 is 10.7. The molecule has 0 aliphatic carbocycles. The number of ether oxygens (including phenoxy) is 2. The van der Waals surface area contributed by atoms with Crippen molar-refractivity contribution < 1.29 is 19.1 Å². The van der Waals surface area contributed by atoms with Gasteiger partial charge in [-0.25, -0.2) is 9.69 Å². The van der Waals surface area contributed by atoms with Gasteiger partial charge in [0.2, 0.25) is 0 Å². The first-order valence-corrected chi connectivity index (χ1v) is 8.92. The minimum absolute atomic E-state index is 0.291. The fourth-order valence-electron chi connectivity index (χ4n) is 2.19. The molecule has 0 spiro atoms. The summed E-state index contributed by atoms with van der Waals surface area (Å²) >= 11 is 0. The number of amides is 1. The van der Waals surface area contributed by atoms with Gasteiger partial charge in [0, 0.05) is 13.0 Å². The van der Waals surface area contributed by atoms with Crippen LogP contribution in [0, 0.1) is 12.0 Å². The molecule has 27 heavy (non-hydrogen) atoms. The molecule has 1 atom stereocenters. The number of benzene rings is 1. The topological polar surface area (TPSA) is 55.8 Å². The van der Waals surface area contributed by atoms with E-state index in [2.05, 4.69) is 12.0 Å². The molecule has 0 saturated heterocycles. The molecule has 1 unspecified atom stereocenters. The van der Waals surface area contributed by atoms with Crippen LogP contribution in [0.1, 0.15) is 53.5 Å². The van der Waals surface area contributed by atoms with Crippen LogP contribution in [0.5, 0.6) is 0 Å². The quantitative estimate of drug-likeness (QED) is 0.327. The van der Waals surface area contributed by atoms with E-state index in [0.29, 0.717) is 13.0 Å². The van der Waals surface area contributed by atoms with Gasteiger partial charge in [-0.05, 0) is 46.3 Å². The van der Waals surface area contributed by atoms with Crippen LogP contribution in [-0.2, 0) is 20.8 Å². The van der Waals surface area contributed by atoms with Gasteiger partial charge in [0.25, 0.3) is 0 Å². The summed E-state index contributed by atoms with van der Waals surface area (Å²) in [4.78, 5) is 25.1. The maximum Gasteiger partial charge on any atom is 0.422 e. The van der Waals surface area contributed by atoms with Gasteiger partial charge in [0.15, 0.2) is 0 Å². The Morgan fingerprint density at radius 3 is 2.30 bits per heavy atom. The van der Waals surface area contributed by atoms with Crippen LogP contribution in [-0.4, -0.2) is 28.7 Å². The molecule has 0 fully saturated rings. The Hall–Kier alpha value is -2.74. The summed E-state index contributed by atoms with van der Waals surface area (Å²) in [5.74, 6) is 2.57. The standard InChI is InChI=1S/C22H29NO4/c1-17(2)15-20(26-18(3)24)13-10-14-23(21(25)27-22(4,5)6)16-19-11-8-7-9-12-19/h7-9,11-12,15,20H,13,16H2,1-6H3. The van der Waals surface area contributed by atoms with Gasteiger partial charge in [0.1, 0.15) is 11.7 Å². The smallest absolute Gasteiger partial charge is 0.422 e. The van der Waals surface area contributed by atoms with Crippen LogP contribution >= 0.6 is 0 Å². The maximum absolute atomic E-state index is 12.5. The van der Waals surface area contributed by atoms with Crippen molar-refractivity contribution in [3.63, 3.8) is 0 Å². The zero-order chi connectivity index (χ0) is 20.4. The molecular formula is C22H29NO4. The van der Waals surface area contributed by atoms with E-state index in [-0.39, 0.29) is 5.97 Å². The average Bonchev–Trinajstić information content (AvgIpc) is 2.52. The van der Waals surface area contributed by atoms with E-state index in [1.165, 1.54) is 11.8 Å². The number of esters is 1. The Bertz CT molecular complexity index is 716. The van der Waals surface area contributed by atoms with Crippen molar-refractivity contribution in [1.82, 2.24) is 4.90 Å². The fraction of sp³-hybridized carbons (Fsp3) is 0.455. The Morgan fingerprint density at radius 2 is 1.78 bits per heavy atom. The van der Waals surface area contributed by atoms with E-state index in [0.717, 1.165) is 11.1 Å². The molecular weight excluding hydrogens is 342 g/mol. The molecule has 1 rings (SSSR count). The van der Waals surface area contributed by atoms with Crippen LogP contribution in [0.15, 0.2) is 42.0 Å². The van der Waals surface area contributed by atoms with E-state index in [9.17, 15) is 9.59 Å². The van der Waals surface area contributed by atoms with E-state index in [1.807, 2.05) is 71.0 Å². The van der Waals surface area contributed by atoms with E-state index in [1.54, 1.807) is 0 Å². The third-order valence-electron chi connectivity index (χ3n) is 3.15. The zero-order valence-electron chi connectivity index (χ0n) is 17.0. The lowest BCUT2D eigenvalue weighted by molar-refractivity contribution is -0.143. The normalized spacial score (nSPS) is 11.5. The van der Waals surface area contributed by atoms with Crippen molar-refractivity contribution in [2.24, 2.45) is 0 Å². The van der Waals surface area contributed by atoms with Gasteiger partial charge in [-0.2, -0.15) is 0 Å². The molecule has 0 N–H and O–H groups in total. The van der Waals surface area contributed by atoms with Crippen LogP contribution in [0.2, 0.25) is 0 Å². The van der Waals surface area contributed by atoms with Crippen LogP contribution in [0.25, 0.3) is 0 Å². The molecule has 0 heterocycles. The predicted octanol–water partition coefficient (Wildman–Crippen LogP) is 4.67. The van der Waals surface area contributed by atoms with Crippen molar-refractivity contribution in [1.29, 1.82) is 0 Å². The van der Waals surface area contributed by atoms with Crippen LogP contribution < -0.4 is 0 Å². The van der Waals surface area contributed by atoms with Crippen molar-refractivity contribution in [3.05, 3.63) is 47.5 Å². The number of carbonyl (C=O) groups is 2. The SMILES string of the molecule is CC(=O)OC(C=C(C)C)CC#CN(Cc1ccccc1)C(=O)OC(C)(C)C. The van der Waals surface area contributed by atoms with E-state index < -0.39 is 17.8 Å². The monoisotopic (exact) mass is 371 g/mol. The van der Waals surface area contributed by atoms with Gasteiger partial charge in [-0.1, -0.05) is 41.8 Å². The highest BCUT2D eigenvalue weighted by atomic mass is 16.6. The molecule has 0 radical (unpaired) electrons. The zero-order valence-corrected chi connectivity index (χ0v) is 17.0. The first-order valence-electron chi connectivity index (χ1n) is 8.92. The van der Waals surface area contributed by atoms with E-state index in [4.69, 9.17) is 9.47 Å². The number of rotatable bonds is 5. The highest BCUT2D eigenvalue weighted by Crippen LogP contribution is 2.12. The van der Waals surface area contributed by atoms with Crippen molar-refractivity contribution >= 4 is 12.1 Å². The van der Waals surface area contributed by atoms with Crippen LogP contribution in [0.3, 0.4) is 0 Å². The lowest BCUT2D eigenvalue weighted by Crippen LogP contribution is -2.33. The summed E-state index contributed by atoms with van der Waals surface area (Å²) in [6, 6.07) is 12.4. The van der Waals surface area contributed by atoms with Crippen molar-refractivity contribution in [2.75, 3.05) is 0 Å². The Labute approximate surface area is 162 Å². The summed E-state index contributed by atoms with van der Waals surface area (Å²) in [5.41, 5.74) is 1.35. The Balaban J connectivity index is 2.95. The first-order chi connectivity index (χ1) is 12.6. The van der Waals surface area contributed by atoms with Gasteiger partial charge in [-0.3, -0.25) is 4.79 Å². The minimum Gasteiger partial charge on any atom is -0.457 e. The number of hydrogen-bond acceptors (Lipinski definition) is 4. The van der Waals surface area contributed by atoms with Crippen LogP contribution in [0.4, 0.5) is 4.79 Å². The van der Waals surface area contributed by atoms with Gasteiger partial charge < -0.3 is 9.47 Å². The Morgan fingerprint density at radius 1 is 1.15 bits per heavy atom. The summed E-state index contributed by atoms with van der Waals surface area (Å²) in [7, 11) is 0. The molecule has 1 amide bonds. The average molecular weight is 371 g/mol. The second-order valence-corrected chi connectivity index (χ2v) is 7.44. The number of allylic oxidation sites excluding steroid dienone is 1. The number of nitrogens with zero attached hydrogens (tertiary/aromatic N) is 1. The summed E-state index contributed by atoms with van der Waals surface area (Å²) in [5, 5.41) is 0. The summed E-state index contributed by atoms with van der Waals surface area (Å²) in [6.07, 6.45) is 1.17. The molecule has 0 aromatic heterocycles. The molecule has 0 saturated carbocycles. The molecule has 5 nitrogen and oxygen atoms in total. The van der Waals surface area contributed by atoms with E-state index >= 15 is 0 Å². The second-order valence-electron chi connectivity index (χ2n) is 7.44. The van der Waals surface area contributed by atoms with Gasteiger partial charge in [0.05, 0.1) is 13.0 Å². The lowest BCUT2D eigenvalue weighted by atomic mass is 10.2. The highest BCUT2D eigenvalue weighted by molar-refractivity contribution is 5.70. The van der Waals surface area contributed by atoms with Gasteiger partial charge >= 0.3 is 12.1 Å². The fourth-order valence-corrected chi connectivity index (χ4v) is 2.19. The number of carbonyl (C=O) groups excluding carboxylic acids is 2. The third-order valence-corrected chi connectivity index (χ3v) is 3.15. The number of hydrogen-bond donors (Lipinski definition) is 0. The molecule has 0 aliphatic rings. The molecule has 1 aromatic rings. The van der Waals surface area contributed by atoms with Gasteiger partial charge in [-0.15, -0.1) is 0 Å². The maximum atomic E-state index is 12.5. The third kappa shape index (κ3) is 10.1. The highest BCUT2D eigenvalue weighted by Gasteiger charge is 2.21. The lowest BCUT2D eigenvalue weighted by Gasteiger charge is -2.24. The summed E-state index contributed by atoms with van der Waals surface area (Å²) in [6.45, 7) is 10.9. The molecule has 0 bridgehead atoms. The minimum atomic E-state index is -0.615. The molecule has 0 aliphatic heterocycles. The largest absolute Gasteiger partial charge is 0.457 e. The molecule has 146 valence electrons. The van der Waals surface area contributed by atoms with Crippen molar-refractivity contribution in [3.8, 4) is 12.0 Å². The molecule has 1 aromatic carbocycles.